The highest BCUT2D eigenvalue weighted by molar-refractivity contribution is 6.71. The van der Waals surface area contributed by atoms with Gasteiger partial charge in [0.25, 0.3) is 0 Å². The molecule has 10 heavy (non-hydrogen) atoms. The minimum absolute atomic E-state index is 0.350. The predicted molar refractivity (Wildman–Crippen MR) is 42.9 cm³/mol. The van der Waals surface area contributed by atoms with Crippen molar-refractivity contribution in [2.24, 2.45) is 0 Å². The van der Waals surface area contributed by atoms with Crippen molar-refractivity contribution in [3.05, 3.63) is 12.3 Å². The third kappa shape index (κ3) is 1.68. The lowest BCUT2D eigenvalue weighted by Gasteiger charge is -2.32. The molecule has 1 aliphatic rings. The van der Waals surface area contributed by atoms with Gasteiger partial charge in [-0.3, -0.25) is 0 Å². The summed E-state index contributed by atoms with van der Waals surface area (Å²) < 4.78 is 11.1. The van der Waals surface area contributed by atoms with Crippen LogP contribution in [0.4, 0.5) is 0 Å². The third-order valence-corrected chi connectivity index (χ3v) is 4.11. The van der Waals surface area contributed by atoms with Crippen molar-refractivity contribution in [2.75, 3.05) is 6.61 Å². The molecule has 0 radical (unpaired) electrons. The monoisotopic (exact) mass is 158 g/mol. The fourth-order valence-electron chi connectivity index (χ4n) is 1.03. The van der Waals surface area contributed by atoms with Gasteiger partial charge in [0.15, 0.2) is 0 Å². The Kier molecular flexibility index (Phi) is 2.28. The van der Waals surface area contributed by atoms with Crippen LogP contribution in [-0.2, 0) is 8.85 Å². The van der Waals surface area contributed by atoms with Crippen LogP contribution in [-0.4, -0.2) is 21.3 Å². The highest BCUT2D eigenvalue weighted by atomic mass is 28.4. The maximum Gasteiger partial charge on any atom is 0.361 e. The number of hydrogen-bond donors (Lipinski definition) is 0. The highest BCUT2D eigenvalue weighted by Crippen LogP contribution is 2.18. The van der Waals surface area contributed by atoms with Crippen molar-refractivity contribution in [1.29, 1.82) is 0 Å². The molecule has 58 valence electrons. The van der Waals surface area contributed by atoms with Crippen LogP contribution in [0.15, 0.2) is 12.3 Å². The van der Waals surface area contributed by atoms with Crippen LogP contribution in [0.1, 0.15) is 13.3 Å². The van der Waals surface area contributed by atoms with Gasteiger partial charge in [-0.1, -0.05) is 0 Å². The molecule has 0 saturated carbocycles. The van der Waals surface area contributed by atoms with Gasteiger partial charge in [0.2, 0.25) is 0 Å². The topological polar surface area (TPSA) is 18.5 Å². The summed E-state index contributed by atoms with van der Waals surface area (Å²) in [6.07, 6.45) is 1.36. The molecule has 1 aliphatic heterocycles. The zero-order valence-corrected chi connectivity index (χ0v) is 7.59. The Hall–Kier alpha value is -0.123. The summed E-state index contributed by atoms with van der Waals surface area (Å²) >= 11 is 0. The minimum Gasteiger partial charge on any atom is -0.391 e. The molecule has 3 heteroatoms. The summed E-state index contributed by atoms with van der Waals surface area (Å²) in [4.78, 5) is 0. The first-order valence-corrected chi connectivity index (χ1v) is 6.01. The van der Waals surface area contributed by atoms with Gasteiger partial charge in [0, 0.05) is 12.7 Å². The van der Waals surface area contributed by atoms with Gasteiger partial charge in [-0.15, -0.1) is 6.58 Å². The van der Waals surface area contributed by atoms with Crippen LogP contribution in [0.25, 0.3) is 0 Å². The Morgan fingerprint density at radius 2 is 2.40 bits per heavy atom. The SMILES string of the molecule is C=C[Si@]1(C)OCC[C@@H](C)O1. The molecule has 2 atom stereocenters. The van der Waals surface area contributed by atoms with Crippen molar-refractivity contribution in [1.82, 2.24) is 0 Å². The fourth-order valence-corrected chi connectivity index (χ4v) is 2.75. The average Bonchev–Trinajstić information content (AvgIpc) is 1.88. The molecule has 0 amide bonds. The lowest BCUT2D eigenvalue weighted by Crippen LogP contribution is -2.44. The van der Waals surface area contributed by atoms with E-state index in [1.807, 2.05) is 12.2 Å². The molecule has 0 aromatic carbocycles. The first-order valence-electron chi connectivity index (χ1n) is 3.62. The zero-order chi connectivity index (χ0) is 7.61. The van der Waals surface area contributed by atoms with Gasteiger partial charge in [0.1, 0.15) is 0 Å². The maximum atomic E-state index is 5.62. The van der Waals surface area contributed by atoms with Crippen LogP contribution in [0.3, 0.4) is 0 Å². The molecule has 0 aliphatic carbocycles. The van der Waals surface area contributed by atoms with E-state index in [2.05, 4.69) is 13.5 Å². The molecule has 2 nitrogen and oxygen atoms in total. The Morgan fingerprint density at radius 3 is 2.80 bits per heavy atom. The van der Waals surface area contributed by atoms with E-state index < -0.39 is 8.56 Å². The van der Waals surface area contributed by atoms with Gasteiger partial charge in [0.05, 0.1) is 0 Å². The smallest absolute Gasteiger partial charge is 0.361 e. The summed E-state index contributed by atoms with van der Waals surface area (Å²) in [5, 5.41) is 0. The molecule has 0 spiro atoms. The van der Waals surface area contributed by atoms with Crippen molar-refractivity contribution >= 4 is 8.56 Å². The fraction of sp³-hybridized carbons (Fsp3) is 0.714. The summed E-state index contributed by atoms with van der Waals surface area (Å²) in [7, 11) is -1.91. The molecule has 0 unspecified atom stereocenters. The molecule has 0 N–H and O–H groups in total. The highest BCUT2D eigenvalue weighted by Gasteiger charge is 2.33. The number of hydrogen-bond acceptors (Lipinski definition) is 2. The van der Waals surface area contributed by atoms with E-state index in [1.54, 1.807) is 0 Å². The van der Waals surface area contributed by atoms with Crippen molar-refractivity contribution in [3.63, 3.8) is 0 Å². The van der Waals surface area contributed by atoms with E-state index in [0.29, 0.717) is 6.10 Å². The molecular formula is C7H14O2Si. The lowest BCUT2D eigenvalue weighted by atomic mass is 10.3. The normalized spacial score (nSPS) is 41.2. The molecule has 0 bridgehead atoms. The minimum atomic E-state index is -1.91. The summed E-state index contributed by atoms with van der Waals surface area (Å²) in [5.74, 6) is 0. The van der Waals surface area contributed by atoms with Crippen LogP contribution in [0, 0.1) is 0 Å². The molecule has 1 fully saturated rings. The second-order valence-corrected chi connectivity index (χ2v) is 5.75. The molecule has 1 heterocycles. The predicted octanol–water partition coefficient (Wildman–Crippen LogP) is 1.61. The van der Waals surface area contributed by atoms with E-state index in [9.17, 15) is 0 Å². The third-order valence-electron chi connectivity index (χ3n) is 1.72. The van der Waals surface area contributed by atoms with Gasteiger partial charge in [-0.05, 0) is 25.6 Å². The van der Waals surface area contributed by atoms with Crippen LogP contribution < -0.4 is 0 Å². The van der Waals surface area contributed by atoms with Crippen molar-refractivity contribution < 1.29 is 8.85 Å². The van der Waals surface area contributed by atoms with E-state index in [4.69, 9.17) is 8.85 Å². The van der Waals surface area contributed by atoms with Gasteiger partial charge < -0.3 is 8.85 Å². The van der Waals surface area contributed by atoms with Crippen LogP contribution in [0.5, 0.6) is 0 Å². The largest absolute Gasteiger partial charge is 0.391 e. The Balaban J connectivity index is 2.53. The first kappa shape index (κ1) is 7.98. The second-order valence-electron chi connectivity index (χ2n) is 2.79. The summed E-state index contributed by atoms with van der Waals surface area (Å²) in [5.41, 5.74) is 1.84. The van der Waals surface area contributed by atoms with E-state index in [0.717, 1.165) is 13.0 Å². The Morgan fingerprint density at radius 1 is 1.70 bits per heavy atom. The summed E-state index contributed by atoms with van der Waals surface area (Å²) in [6.45, 7) is 8.64. The zero-order valence-electron chi connectivity index (χ0n) is 6.59. The first-order chi connectivity index (χ1) is 4.66. The van der Waals surface area contributed by atoms with E-state index in [1.165, 1.54) is 0 Å². The maximum absolute atomic E-state index is 5.62. The van der Waals surface area contributed by atoms with Gasteiger partial charge in [-0.25, -0.2) is 0 Å². The lowest BCUT2D eigenvalue weighted by molar-refractivity contribution is 0.0684. The molecule has 0 aromatic heterocycles. The van der Waals surface area contributed by atoms with Crippen molar-refractivity contribution in [3.8, 4) is 0 Å². The van der Waals surface area contributed by atoms with Crippen LogP contribution in [0.2, 0.25) is 6.55 Å². The molecule has 1 rings (SSSR count). The number of rotatable bonds is 1. The van der Waals surface area contributed by atoms with Gasteiger partial charge in [-0.2, -0.15) is 0 Å². The Labute approximate surface area is 63.1 Å². The quantitative estimate of drug-likeness (QED) is 0.540. The molecular weight excluding hydrogens is 144 g/mol. The van der Waals surface area contributed by atoms with Crippen LogP contribution >= 0.6 is 0 Å². The van der Waals surface area contributed by atoms with E-state index >= 15 is 0 Å². The second kappa shape index (κ2) is 2.86. The standard InChI is InChI=1S/C7H14O2Si/c1-4-10(3)8-6-5-7(2)9-10/h4,7H,1,5-6H2,2-3H3/t7-,10-/m1/s1. The van der Waals surface area contributed by atoms with E-state index in [-0.39, 0.29) is 0 Å². The average molecular weight is 158 g/mol. The van der Waals surface area contributed by atoms with Crippen molar-refractivity contribution in [2.45, 2.75) is 26.0 Å². The van der Waals surface area contributed by atoms with Gasteiger partial charge >= 0.3 is 8.56 Å². The summed E-state index contributed by atoms with van der Waals surface area (Å²) in [6, 6.07) is 0. The molecule has 0 aromatic rings. The molecule has 1 saturated heterocycles. The Bertz CT molecular complexity index is 138.